The molecule has 2 rings (SSSR count). The van der Waals surface area contributed by atoms with Crippen LogP contribution < -0.4 is 5.32 Å². The van der Waals surface area contributed by atoms with Crippen LogP contribution in [-0.2, 0) is 6.42 Å². The minimum Gasteiger partial charge on any atom is -0.322 e. The molecule has 1 heterocycles. The normalized spacial score (nSPS) is 10.3. The molecule has 0 unspecified atom stereocenters. The van der Waals surface area contributed by atoms with E-state index in [4.69, 9.17) is 23.2 Å². The van der Waals surface area contributed by atoms with Crippen molar-refractivity contribution in [2.24, 2.45) is 0 Å². The number of hydrogen-bond acceptors (Lipinski definition) is 2. The van der Waals surface area contributed by atoms with E-state index in [0.29, 0.717) is 5.56 Å². The number of aryl methyl sites for hydroxylation is 1. The van der Waals surface area contributed by atoms with Crippen LogP contribution in [0.2, 0.25) is 10.3 Å². The highest BCUT2D eigenvalue weighted by molar-refractivity contribution is 6.33. The van der Waals surface area contributed by atoms with Gasteiger partial charge in [0.25, 0.3) is 5.91 Å². The first-order valence-corrected chi connectivity index (χ1v) is 6.57. The number of nitrogens with zero attached hydrogens (tertiary/aromatic N) is 1. The predicted octanol–water partition coefficient (Wildman–Crippen LogP) is 4.20. The first-order chi connectivity index (χ1) is 9.08. The Morgan fingerprint density at radius 1 is 1.21 bits per heavy atom. The molecule has 98 valence electrons. The van der Waals surface area contributed by atoms with Crippen molar-refractivity contribution in [2.45, 2.75) is 13.3 Å². The highest BCUT2D eigenvalue weighted by atomic mass is 35.5. The number of rotatable bonds is 3. The van der Waals surface area contributed by atoms with Crippen molar-refractivity contribution in [1.82, 2.24) is 4.98 Å². The average molecular weight is 295 g/mol. The van der Waals surface area contributed by atoms with Crippen LogP contribution in [0.5, 0.6) is 0 Å². The zero-order chi connectivity index (χ0) is 13.8. The molecule has 0 aliphatic rings. The van der Waals surface area contributed by atoms with Crippen molar-refractivity contribution in [1.29, 1.82) is 0 Å². The van der Waals surface area contributed by atoms with Crippen molar-refractivity contribution in [3.8, 4) is 0 Å². The molecule has 1 N–H and O–H groups in total. The maximum atomic E-state index is 12.1. The molecule has 0 saturated heterocycles. The van der Waals surface area contributed by atoms with Crippen LogP contribution in [0.1, 0.15) is 22.8 Å². The number of hydrogen-bond donors (Lipinski definition) is 1. The molecule has 0 aliphatic carbocycles. The largest absolute Gasteiger partial charge is 0.322 e. The molecule has 0 radical (unpaired) electrons. The summed E-state index contributed by atoms with van der Waals surface area (Å²) in [6, 6.07) is 10.6. The van der Waals surface area contributed by atoms with Crippen molar-refractivity contribution >= 4 is 34.8 Å². The van der Waals surface area contributed by atoms with Crippen molar-refractivity contribution in [3.63, 3.8) is 0 Å². The predicted molar refractivity (Wildman–Crippen MR) is 78.0 cm³/mol. The highest BCUT2D eigenvalue weighted by Crippen LogP contribution is 2.17. The number of carbonyl (C=O) groups is 1. The Morgan fingerprint density at radius 2 is 1.89 bits per heavy atom. The standard InChI is InChI=1S/C14H12Cl2N2O/c1-2-9-4-3-5-11(6-9)17-14(19)10-7-12(15)18-13(16)8-10/h3-8H,2H2,1H3,(H,17,19). The topological polar surface area (TPSA) is 42.0 Å². The van der Waals surface area contributed by atoms with E-state index in [9.17, 15) is 4.79 Å². The molecule has 3 nitrogen and oxygen atoms in total. The number of amides is 1. The van der Waals surface area contributed by atoms with E-state index in [2.05, 4.69) is 17.2 Å². The third-order valence-electron chi connectivity index (χ3n) is 2.62. The zero-order valence-electron chi connectivity index (χ0n) is 10.3. The summed E-state index contributed by atoms with van der Waals surface area (Å²) < 4.78 is 0. The van der Waals surface area contributed by atoms with Crippen LogP contribution in [-0.4, -0.2) is 10.9 Å². The molecule has 0 aliphatic heterocycles. The Labute approximate surface area is 121 Å². The molecule has 19 heavy (non-hydrogen) atoms. The fraction of sp³-hybridized carbons (Fsp3) is 0.143. The molecule has 0 fully saturated rings. The first-order valence-electron chi connectivity index (χ1n) is 5.82. The summed E-state index contributed by atoms with van der Waals surface area (Å²) in [5.41, 5.74) is 2.28. The monoisotopic (exact) mass is 294 g/mol. The lowest BCUT2D eigenvalue weighted by Crippen LogP contribution is -2.12. The molecule has 1 amide bonds. The Kier molecular flexibility index (Phi) is 4.40. The van der Waals surface area contributed by atoms with Gasteiger partial charge in [0.15, 0.2) is 0 Å². The Bertz CT molecular complexity index is 594. The van der Waals surface area contributed by atoms with Crippen molar-refractivity contribution < 1.29 is 4.79 Å². The van der Waals surface area contributed by atoms with Gasteiger partial charge in [-0.3, -0.25) is 4.79 Å². The third kappa shape index (κ3) is 3.69. The number of pyridine rings is 1. The summed E-state index contributed by atoms with van der Waals surface area (Å²) in [6.07, 6.45) is 0.913. The van der Waals surface area contributed by atoms with E-state index in [1.54, 1.807) is 0 Å². The molecule has 0 spiro atoms. The summed E-state index contributed by atoms with van der Waals surface area (Å²) in [5, 5.41) is 3.19. The molecule has 0 bridgehead atoms. The molecule has 0 saturated carbocycles. The van der Waals surface area contributed by atoms with E-state index in [-0.39, 0.29) is 16.2 Å². The molecule has 1 aromatic carbocycles. The number of halogens is 2. The van der Waals surface area contributed by atoms with Gasteiger partial charge in [0, 0.05) is 11.3 Å². The van der Waals surface area contributed by atoms with Gasteiger partial charge in [-0.1, -0.05) is 42.3 Å². The molecule has 1 aromatic heterocycles. The smallest absolute Gasteiger partial charge is 0.255 e. The lowest BCUT2D eigenvalue weighted by Gasteiger charge is -2.07. The van der Waals surface area contributed by atoms with E-state index in [1.807, 2.05) is 24.3 Å². The number of anilines is 1. The number of carbonyl (C=O) groups excluding carboxylic acids is 1. The maximum absolute atomic E-state index is 12.1. The molecule has 2 aromatic rings. The fourth-order valence-electron chi connectivity index (χ4n) is 1.67. The second-order valence-corrected chi connectivity index (χ2v) is 4.78. The SMILES string of the molecule is CCc1cccc(NC(=O)c2cc(Cl)nc(Cl)c2)c1. The van der Waals surface area contributed by atoms with Crippen LogP contribution in [0.15, 0.2) is 36.4 Å². The maximum Gasteiger partial charge on any atom is 0.255 e. The third-order valence-corrected chi connectivity index (χ3v) is 3.01. The van der Waals surface area contributed by atoms with Crippen LogP contribution in [0.25, 0.3) is 0 Å². The Balaban J connectivity index is 2.20. The van der Waals surface area contributed by atoms with Gasteiger partial charge >= 0.3 is 0 Å². The lowest BCUT2D eigenvalue weighted by atomic mass is 10.1. The second kappa shape index (κ2) is 6.04. The minimum atomic E-state index is -0.264. The van der Waals surface area contributed by atoms with Gasteiger partial charge < -0.3 is 5.32 Å². The fourth-order valence-corrected chi connectivity index (χ4v) is 2.13. The zero-order valence-corrected chi connectivity index (χ0v) is 11.8. The Hall–Kier alpha value is -1.58. The quantitative estimate of drug-likeness (QED) is 0.862. The van der Waals surface area contributed by atoms with Gasteiger partial charge in [0.05, 0.1) is 0 Å². The van der Waals surface area contributed by atoms with E-state index >= 15 is 0 Å². The van der Waals surface area contributed by atoms with Gasteiger partial charge in [-0.15, -0.1) is 0 Å². The summed E-state index contributed by atoms with van der Waals surface area (Å²) in [4.78, 5) is 15.9. The van der Waals surface area contributed by atoms with Gasteiger partial charge in [-0.25, -0.2) is 4.98 Å². The van der Waals surface area contributed by atoms with E-state index in [1.165, 1.54) is 12.1 Å². The molecule has 5 heteroatoms. The van der Waals surface area contributed by atoms with Gasteiger partial charge in [-0.2, -0.15) is 0 Å². The average Bonchev–Trinajstić information content (AvgIpc) is 2.37. The summed E-state index contributed by atoms with van der Waals surface area (Å²) in [7, 11) is 0. The number of aromatic nitrogens is 1. The second-order valence-electron chi connectivity index (χ2n) is 4.01. The van der Waals surface area contributed by atoms with E-state index in [0.717, 1.165) is 17.7 Å². The van der Waals surface area contributed by atoms with Crippen molar-refractivity contribution in [3.05, 3.63) is 57.8 Å². The van der Waals surface area contributed by atoms with Gasteiger partial charge in [0.2, 0.25) is 0 Å². The Morgan fingerprint density at radius 3 is 2.53 bits per heavy atom. The number of nitrogens with one attached hydrogen (secondary N) is 1. The van der Waals surface area contributed by atoms with Gasteiger partial charge in [0.1, 0.15) is 10.3 Å². The lowest BCUT2D eigenvalue weighted by molar-refractivity contribution is 0.102. The number of benzene rings is 1. The summed E-state index contributed by atoms with van der Waals surface area (Å²) in [6.45, 7) is 2.06. The van der Waals surface area contributed by atoms with Crippen molar-refractivity contribution in [2.75, 3.05) is 5.32 Å². The van der Waals surface area contributed by atoms with Gasteiger partial charge in [-0.05, 0) is 36.2 Å². The summed E-state index contributed by atoms with van der Waals surface area (Å²) in [5.74, 6) is -0.264. The molecular formula is C14H12Cl2N2O. The van der Waals surface area contributed by atoms with Crippen LogP contribution in [0.4, 0.5) is 5.69 Å². The van der Waals surface area contributed by atoms with Crippen LogP contribution >= 0.6 is 23.2 Å². The first kappa shape index (κ1) is 13.8. The minimum absolute atomic E-state index is 0.194. The van der Waals surface area contributed by atoms with Crippen LogP contribution in [0.3, 0.4) is 0 Å². The molecular weight excluding hydrogens is 283 g/mol. The molecule has 0 atom stereocenters. The van der Waals surface area contributed by atoms with Crippen LogP contribution in [0, 0.1) is 0 Å². The highest BCUT2D eigenvalue weighted by Gasteiger charge is 2.09. The summed E-state index contributed by atoms with van der Waals surface area (Å²) >= 11 is 11.5. The van der Waals surface area contributed by atoms with E-state index < -0.39 is 0 Å².